The molecule has 0 N–H and O–H groups in total. The van der Waals surface area contributed by atoms with E-state index in [-0.39, 0.29) is 22.7 Å². The van der Waals surface area contributed by atoms with E-state index in [1.54, 1.807) is 24.3 Å². The van der Waals surface area contributed by atoms with E-state index in [1.807, 2.05) is 6.07 Å². The van der Waals surface area contributed by atoms with E-state index in [1.165, 1.54) is 54.1 Å². The summed E-state index contributed by atoms with van der Waals surface area (Å²) in [6.07, 6.45) is 0. The lowest BCUT2D eigenvalue weighted by Crippen LogP contribution is -2.22. The van der Waals surface area contributed by atoms with Crippen LogP contribution < -0.4 is 5.56 Å². The van der Waals surface area contributed by atoms with Crippen LogP contribution in [0, 0.1) is 5.82 Å². The lowest BCUT2D eigenvalue weighted by molar-refractivity contribution is 0.0600. The van der Waals surface area contributed by atoms with E-state index in [4.69, 9.17) is 4.74 Å². The van der Waals surface area contributed by atoms with Gasteiger partial charge >= 0.3 is 5.97 Å². The van der Waals surface area contributed by atoms with Crippen molar-refractivity contribution in [3.8, 4) is 5.69 Å². The van der Waals surface area contributed by atoms with Gasteiger partial charge in [0.2, 0.25) is 0 Å². The molecule has 4 aromatic rings. The Morgan fingerprint density at radius 1 is 1.00 bits per heavy atom. The van der Waals surface area contributed by atoms with Gasteiger partial charge in [-0.05, 0) is 54.6 Å². The number of carbonyl (C=O) groups excluding carboxylic acids is 2. The van der Waals surface area contributed by atoms with Crippen LogP contribution in [0.5, 0.6) is 0 Å². The van der Waals surface area contributed by atoms with Crippen LogP contribution in [-0.2, 0) is 4.74 Å². The molecule has 0 bridgehead atoms. The van der Waals surface area contributed by atoms with Crippen molar-refractivity contribution in [1.82, 2.24) is 9.55 Å². The molecule has 8 heteroatoms. The van der Waals surface area contributed by atoms with Crippen molar-refractivity contribution >= 4 is 34.4 Å². The highest BCUT2D eigenvalue weighted by molar-refractivity contribution is 7.99. The molecule has 160 valence electrons. The predicted molar refractivity (Wildman–Crippen MR) is 120 cm³/mol. The summed E-state index contributed by atoms with van der Waals surface area (Å²) in [5, 5.41) is 0.627. The number of ether oxygens (including phenoxy) is 1. The quantitative estimate of drug-likeness (QED) is 0.190. The number of thioether (sulfide) groups is 1. The molecule has 1 aromatic heterocycles. The first-order valence-electron chi connectivity index (χ1n) is 9.60. The third-order valence-electron chi connectivity index (χ3n) is 4.77. The Bertz CT molecular complexity index is 1370. The van der Waals surface area contributed by atoms with Crippen LogP contribution in [0.4, 0.5) is 4.39 Å². The summed E-state index contributed by atoms with van der Waals surface area (Å²) in [4.78, 5) is 42.4. The van der Waals surface area contributed by atoms with E-state index >= 15 is 0 Å². The zero-order valence-corrected chi connectivity index (χ0v) is 17.8. The average molecular weight is 448 g/mol. The monoisotopic (exact) mass is 448 g/mol. The molecule has 0 spiro atoms. The molecule has 0 fully saturated rings. The first-order chi connectivity index (χ1) is 15.5. The van der Waals surface area contributed by atoms with Crippen LogP contribution in [0.15, 0.2) is 82.7 Å². The fourth-order valence-corrected chi connectivity index (χ4v) is 4.07. The third-order valence-corrected chi connectivity index (χ3v) is 5.71. The Hall–Kier alpha value is -3.78. The van der Waals surface area contributed by atoms with Gasteiger partial charge in [0, 0.05) is 5.56 Å². The van der Waals surface area contributed by atoms with Crippen molar-refractivity contribution in [1.29, 1.82) is 0 Å². The van der Waals surface area contributed by atoms with Crippen LogP contribution in [0.25, 0.3) is 16.6 Å². The van der Waals surface area contributed by atoms with E-state index in [0.29, 0.717) is 27.3 Å². The fourth-order valence-electron chi connectivity index (χ4n) is 3.16. The number of carbonyl (C=O) groups is 2. The molecule has 0 aliphatic carbocycles. The average Bonchev–Trinajstić information content (AvgIpc) is 2.82. The van der Waals surface area contributed by atoms with E-state index in [9.17, 15) is 18.8 Å². The van der Waals surface area contributed by atoms with Crippen LogP contribution in [-0.4, -0.2) is 34.2 Å². The van der Waals surface area contributed by atoms with Gasteiger partial charge in [-0.25, -0.2) is 14.2 Å². The molecule has 0 aliphatic rings. The number of hydrogen-bond donors (Lipinski definition) is 0. The summed E-state index contributed by atoms with van der Waals surface area (Å²) in [7, 11) is 1.27. The standard InChI is InChI=1S/C24H17FN2O4S/c1-31-23(30)16-9-12-19-20(13-16)26-24(27(22(19)29)18-5-3-2-4-6-18)32-14-21(28)15-7-10-17(25)11-8-15/h2-13H,14H2,1H3. The molecule has 0 amide bonds. The number of methoxy groups -OCH3 is 1. The Labute approximate surface area is 186 Å². The van der Waals surface area contributed by atoms with Gasteiger partial charge in [0.25, 0.3) is 5.56 Å². The van der Waals surface area contributed by atoms with Crippen molar-refractivity contribution in [2.24, 2.45) is 0 Å². The number of benzene rings is 3. The molecule has 32 heavy (non-hydrogen) atoms. The molecule has 0 atom stereocenters. The number of ketones is 1. The minimum absolute atomic E-state index is 0.00684. The van der Waals surface area contributed by atoms with Crippen LogP contribution in [0.1, 0.15) is 20.7 Å². The number of esters is 1. The summed E-state index contributed by atoms with van der Waals surface area (Å²) in [6.45, 7) is 0. The predicted octanol–water partition coefficient (Wildman–Crippen LogP) is 4.29. The molecule has 0 saturated carbocycles. The smallest absolute Gasteiger partial charge is 0.337 e. The summed E-state index contributed by atoms with van der Waals surface area (Å²) in [5.74, 6) is -1.20. The molecule has 3 aromatic carbocycles. The number of halogens is 1. The topological polar surface area (TPSA) is 78.3 Å². The number of rotatable bonds is 6. The van der Waals surface area contributed by atoms with Crippen molar-refractivity contribution in [2.45, 2.75) is 5.16 Å². The number of nitrogens with zero attached hydrogens (tertiary/aromatic N) is 2. The van der Waals surface area contributed by atoms with Gasteiger partial charge in [-0.2, -0.15) is 0 Å². The Morgan fingerprint density at radius 3 is 2.38 bits per heavy atom. The van der Waals surface area contributed by atoms with E-state index in [0.717, 1.165) is 11.8 Å². The van der Waals surface area contributed by atoms with Gasteiger partial charge in [-0.15, -0.1) is 0 Å². The van der Waals surface area contributed by atoms with Crippen molar-refractivity contribution in [3.05, 3.63) is 100 Å². The maximum absolute atomic E-state index is 13.3. The van der Waals surface area contributed by atoms with E-state index < -0.39 is 11.8 Å². The van der Waals surface area contributed by atoms with Crippen LogP contribution in [0.2, 0.25) is 0 Å². The summed E-state index contributed by atoms with van der Waals surface area (Å²) in [5.41, 5.74) is 1.22. The van der Waals surface area contributed by atoms with Crippen molar-refractivity contribution < 1.29 is 18.7 Å². The molecule has 4 rings (SSSR count). The first kappa shape index (κ1) is 21.5. The molecule has 1 heterocycles. The Kier molecular flexibility index (Phi) is 6.13. The second-order valence-electron chi connectivity index (χ2n) is 6.81. The van der Waals surface area contributed by atoms with Crippen LogP contribution >= 0.6 is 11.8 Å². The maximum atomic E-state index is 13.3. The lowest BCUT2D eigenvalue weighted by Gasteiger charge is -2.13. The molecule has 0 saturated heterocycles. The van der Waals surface area contributed by atoms with Gasteiger partial charge in [-0.1, -0.05) is 30.0 Å². The minimum Gasteiger partial charge on any atom is -0.465 e. The normalized spacial score (nSPS) is 10.8. The number of para-hydroxylation sites is 1. The zero-order valence-electron chi connectivity index (χ0n) is 16.9. The van der Waals surface area contributed by atoms with Crippen LogP contribution in [0.3, 0.4) is 0 Å². The van der Waals surface area contributed by atoms with Gasteiger partial charge in [-0.3, -0.25) is 14.2 Å². The molecule has 0 radical (unpaired) electrons. The second-order valence-corrected chi connectivity index (χ2v) is 7.76. The number of fused-ring (bicyclic) bond motifs is 1. The summed E-state index contributed by atoms with van der Waals surface area (Å²) in [6, 6.07) is 18.8. The third kappa shape index (κ3) is 4.31. The van der Waals surface area contributed by atoms with Crippen molar-refractivity contribution in [3.63, 3.8) is 0 Å². The van der Waals surface area contributed by atoms with Gasteiger partial charge in [0.15, 0.2) is 10.9 Å². The number of Topliss-reactive ketones (excluding diaryl/α,β-unsaturated/α-hetero) is 1. The molecular weight excluding hydrogens is 431 g/mol. The fraction of sp³-hybridized carbons (Fsp3) is 0.0833. The van der Waals surface area contributed by atoms with Gasteiger partial charge in [0.05, 0.1) is 35.0 Å². The van der Waals surface area contributed by atoms with E-state index in [2.05, 4.69) is 4.98 Å². The minimum atomic E-state index is -0.540. The second kappa shape index (κ2) is 9.15. The highest BCUT2D eigenvalue weighted by Crippen LogP contribution is 2.23. The summed E-state index contributed by atoms with van der Waals surface area (Å²) >= 11 is 1.09. The van der Waals surface area contributed by atoms with Crippen molar-refractivity contribution in [2.75, 3.05) is 12.9 Å². The largest absolute Gasteiger partial charge is 0.465 e. The zero-order chi connectivity index (χ0) is 22.7. The highest BCUT2D eigenvalue weighted by atomic mass is 32.2. The van der Waals surface area contributed by atoms with Gasteiger partial charge < -0.3 is 4.74 Å². The Balaban J connectivity index is 1.78. The molecule has 0 aliphatic heterocycles. The molecule has 0 unspecified atom stereocenters. The lowest BCUT2D eigenvalue weighted by atomic mass is 10.1. The molecular formula is C24H17FN2O4S. The Morgan fingerprint density at radius 2 is 1.69 bits per heavy atom. The maximum Gasteiger partial charge on any atom is 0.337 e. The number of hydrogen-bond acceptors (Lipinski definition) is 6. The summed E-state index contributed by atoms with van der Waals surface area (Å²) < 4.78 is 19.3. The SMILES string of the molecule is COC(=O)c1ccc2c(=O)n(-c3ccccc3)c(SCC(=O)c3ccc(F)cc3)nc2c1. The number of aromatic nitrogens is 2. The first-order valence-corrected chi connectivity index (χ1v) is 10.6. The highest BCUT2D eigenvalue weighted by Gasteiger charge is 2.17. The van der Waals surface area contributed by atoms with Gasteiger partial charge in [0.1, 0.15) is 5.82 Å². The molecule has 6 nitrogen and oxygen atoms in total.